The second-order valence-electron chi connectivity index (χ2n) is 5.39. The molecule has 2 fully saturated rings. The van der Waals surface area contributed by atoms with Gasteiger partial charge in [0.05, 0.1) is 6.10 Å². The van der Waals surface area contributed by atoms with Crippen molar-refractivity contribution in [2.75, 3.05) is 32.9 Å². The van der Waals surface area contributed by atoms with Crippen molar-refractivity contribution in [1.29, 1.82) is 0 Å². The summed E-state index contributed by atoms with van der Waals surface area (Å²) in [5, 5.41) is 3.56. The number of rotatable bonds is 5. The Labute approximate surface area is 105 Å². The van der Waals surface area contributed by atoms with Crippen molar-refractivity contribution in [3.05, 3.63) is 0 Å². The molecule has 2 saturated heterocycles. The van der Waals surface area contributed by atoms with Crippen LogP contribution in [0.2, 0.25) is 0 Å². The first kappa shape index (κ1) is 13.3. The van der Waals surface area contributed by atoms with Crippen LogP contribution in [0, 0.1) is 11.8 Å². The summed E-state index contributed by atoms with van der Waals surface area (Å²) in [6.07, 6.45) is 6.65. The predicted molar refractivity (Wildman–Crippen MR) is 69.2 cm³/mol. The lowest BCUT2D eigenvalue weighted by molar-refractivity contribution is -0.0858. The van der Waals surface area contributed by atoms with Crippen LogP contribution >= 0.6 is 0 Å². The first-order chi connectivity index (χ1) is 8.42. The zero-order valence-corrected chi connectivity index (χ0v) is 11.1. The molecule has 2 atom stereocenters. The van der Waals surface area contributed by atoms with E-state index in [1.54, 1.807) is 0 Å². The van der Waals surface area contributed by atoms with Gasteiger partial charge in [0, 0.05) is 26.4 Å². The van der Waals surface area contributed by atoms with Gasteiger partial charge in [-0.25, -0.2) is 0 Å². The SMILES string of the molecule is CCCNCC1CCCOC1C1CCOCC1. The van der Waals surface area contributed by atoms with E-state index >= 15 is 0 Å². The summed E-state index contributed by atoms with van der Waals surface area (Å²) in [5.41, 5.74) is 0. The van der Waals surface area contributed by atoms with E-state index in [1.165, 1.54) is 32.1 Å². The monoisotopic (exact) mass is 241 g/mol. The molecule has 3 nitrogen and oxygen atoms in total. The first-order valence-corrected chi connectivity index (χ1v) is 7.32. The van der Waals surface area contributed by atoms with Gasteiger partial charge in [0.2, 0.25) is 0 Å². The molecule has 2 unspecified atom stereocenters. The number of nitrogens with one attached hydrogen (secondary N) is 1. The Kier molecular flexibility index (Phi) is 5.75. The van der Waals surface area contributed by atoms with E-state index < -0.39 is 0 Å². The van der Waals surface area contributed by atoms with Crippen molar-refractivity contribution in [3.63, 3.8) is 0 Å². The van der Waals surface area contributed by atoms with E-state index in [0.29, 0.717) is 6.10 Å². The van der Waals surface area contributed by atoms with Crippen LogP contribution in [0.3, 0.4) is 0 Å². The topological polar surface area (TPSA) is 30.5 Å². The van der Waals surface area contributed by atoms with Gasteiger partial charge in [-0.05, 0) is 50.5 Å². The van der Waals surface area contributed by atoms with E-state index in [1.807, 2.05) is 0 Å². The summed E-state index contributed by atoms with van der Waals surface area (Å²) in [5.74, 6) is 1.45. The third-order valence-corrected chi connectivity index (χ3v) is 4.06. The zero-order chi connectivity index (χ0) is 11.9. The Hall–Kier alpha value is -0.120. The second kappa shape index (κ2) is 7.34. The Morgan fingerprint density at radius 1 is 1.12 bits per heavy atom. The highest BCUT2D eigenvalue weighted by molar-refractivity contribution is 4.83. The van der Waals surface area contributed by atoms with Crippen molar-refractivity contribution in [2.24, 2.45) is 11.8 Å². The average molecular weight is 241 g/mol. The number of hydrogen-bond acceptors (Lipinski definition) is 3. The molecular formula is C14H27NO2. The summed E-state index contributed by atoms with van der Waals surface area (Å²) < 4.78 is 11.5. The fraction of sp³-hybridized carbons (Fsp3) is 1.00. The molecule has 0 aromatic heterocycles. The fourth-order valence-corrected chi connectivity index (χ4v) is 3.11. The van der Waals surface area contributed by atoms with Crippen molar-refractivity contribution in [1.82, 2.24) is 5.32 Å². The molecule has 1 N–H and O–H groups in total. The third kappa shape index (κ3) is 3.94. The molecule has 0 spiro atoms. The quantitative estimate of drug-likeness (QED) is 0.749. The Morgan fingerprint density at radius 2 is 1.94 bits per heavy atom. The van der Waals surface area contributed by atoms with Crippen molar-refractivity contribution < 1.29 is 9.47 Å². The van der Waals surface area contributed by atoms with Gasteiger partial charge in [-0.15, -0.1) is 0 Å². The van der Waals surface area contributed by atoms with Crippen molar-refractivity contribution in [2.45, 2.75) is 45.1 Å². The molecule has 2 aliphatic heterocycles. The summed E-state index contributed by atoms with van der Waals surface area (Å²) in [6.45, 7) is 7.32. The minimum atomic E-state index is 0.483. The lowest BCUT2D eigenvalue weighted by Gasteiger charge is -2.39. The van der Waals surface area contributed by atoms with Gasteiger partial charge in [-0.1, -0.05) is 6.92 Å². The van der Waals surface area contributed by atoms with Gasteiger partial charge in [0.1, 0.15) is 0 Å². The highest BCUT2D eigenvalue weighted by atomic mass is 16.5. The van der Waals surface area contributed by atoms with Crippen LogP contribution in [-0.2, 0) is 9.47 Å². The zero-order valence-electron chi connectivity index (χ0n) is 11.1. The molecule has 17 heavy (non-hydrogen) atoms. The van der Waals surface area contributed by atoms with Crippen LogP contribution in [0.25, 0.3) is 0 Å². The summed E-state index contributed by atoms with van der Waals surface area (Å²) >= 11 is 0. The molecule has 3 heteroatoms. The van der Waals surface area contributed by atoms with Crippen LogP contribution in [0.5, 0.6) is 0 Å². The summed E-state index contributed by atoms with van der Waals surface area (Å²) in [6, 6.07) is 0. The van der Waals surface area contributed by atoms with Crippen molar-refractivity contribution in [3.8, 4) is 0 Å². The molecule has 0 aromatic rings. The smallest absolute Gasteiger partial charge is 0.0645 e. The van der Waals surface area contributed by atoms with Gasteiger partial charge in [0.25, 0.3) is 0 Å². The normalized spacial score (nSPS) is 31.6. The van der Waals surface area contributed by atoms with Crippen LogP contribution < -0.4 is 5.32 Å². The predicted octanol–water partition coefficient (Wildman–Crippen LogP) is 2.21. The van der Waals surface area contributed by atoms with E-state index in [-0.39, 0.29) is 0 Å². The lowest BCUT2D eigenvalue weighted by atomic mass is 9.82. The molecule has 0 saturated carbocycles. The Bertz CT molecular complexity index is 204. The maximum Gasteiger partial charge on any atom is 0.0645 e. The summed E-state index contributed by atoms with van der Waals surface area (Å²) in [7, 11) is 0. The molecule has 0 amide bonds. The summed E-state index contributed by atoms with van der Waals surface area (Å²) in [4.78, 5) is 0. The molecule has 0 aromatic carbocycles. The van der Waals surface area contributed by atoms with Crippen LogP contribution in [0.4, 0.5) is 0 Å². The van der Waals surface area contributed by atoms with E-state index in [9.17, 15) is 0 Å². The standard InChI is InChI=1S/C14H27NO2/c1-2-7-15-11-13-4-3-8-17-14(13)12-5-9-16-10-6-12/h12-15H,2-11H2,1H3. The fourth-order valence-electron chi connectivity index (χ4n) is 3.11. The van der Waals surface area contributed by atoms with E-state index in [2.05, 4.69) is 12.2 Å². The van der Waals surface area contributed by atoms with Crippen LogP contribution in [0.15, 0.2) is 0 Å². The third-order valence-electron chi connectivity index (χ3n) is 4.06. The van der Waals surface area contributed by atoms with Gasteiger partial charge in [-0.2, -0.15) is 0 Å². The van der Waals surface area contributed by atoms with Crippen LogP contribution in [-0.4, -0.2) is 39.0 Å². The highest BCUT2D eigenvalue weighted by Gasteiger charge is 2.33. The molecular weight excluding hydrogens is 214 g/mol. The highest BCUT2D eigenvalue weighted by Crippen LogP contribution is 2.31. The molecule has 0 radical (unpaired) electrons. The Balaban J connectivity index is 1.82. The van der Waals surface area contributed by atoms with Crippen molar-refractivity contribution >= 4 is 0 Å². The van der Waals surface area contributed by atoms with Gasteiger partial charge < -0.3 is 14.8 Å². The molecule has 0 aliphatic carbocycles. The molecule has 100 valence electrons. The second-order valence-corrected chi connectivity index (χ2v) is 5.39. The largest absolute Gasteiger partial charge is 0.381 e. The molecule has 2 aliphatic rings. The maximum absolute atomic E-state index is 6.07. The lowest BCUT2D eigenvalue weighted by Crippen LogP contribution is -2.43. The average Bonchev–Trinajstić information content (AvgIpc) is 2.41. The molecule has 2 rings (SSSR count). The first-order valence-electron chi connectivity index (χ1n) is 7.32. The van der Waals surface area contributed by atoms with Crippen LogP contribution in [0.1, 0.15) is 39.0 Å². The Morgan fingerprint density at radius 3 is 2.71 bits per heavy atom. The minimum absolute atomic E-state index is 0.483. The maximum atomic E-state index is 6.07. The minimum Gasteiger partial charge on any atom is -0.381 e. The van der Waals surface area contributed by atoms with Gasteiger partial charge in [0.15, 0.2) is 0 Å². The van der Waals surface area contributed by atoms with Gasteiger partial charge >= 0.3 is 0 Å². The molecule has 0 bridgehead atoms. The van der Waals surface area contributed by atoms with E-state index in [0.717, 1.165) is 44.7 Å². The number of ether oxygens (including phenoxy) is 2. The van der Waals surface area contributed by atoms with E-state index in [4.69, 9.17) is 9.47 Å². The van der Waals surface area contributed by atoms with Gasteiger partial charge in [-0.3, -0.25) is 0 Å². The number of hydrogen-bond donors (Lipinski definition) is 1. The molecule has 2 heterocycles.